The molecular formula is C18H11Cl2N3O2S. The third kappa shape index (κ3) is 3.23. The van der Waals surface area contributed by atoms with Gasteiger partial charge in [0.1, 0.15) is 22.5 Å². The van der Waals surface area contributed by atoms with Crippen molar-refractivity contribution in [1.29, 1.82) is 0 Å². The maximum absolute atomic E-state index is 12.2. The van der Waals surface area contributed by atoms with Crippen LogP contribution in [0.2, 0.25) is 10.0 Å². The predicted molar refractivity (Wildman–Crippen MR) is 105 cm³/mol. The molecule has 0 spiro atoms. The smallest absolute Gasteiger partial charge is 0.234 e. The van der Waals surface area contributed by atoms with Crippen molar-refractivity contribution in [3.8, 4) is 0 Å². The van der Waals surface area contributed by atoms with E-state index in [4.69, 9.17) is 27.6 Å². The summed E-state index contributed by atoms with van der Waals surface area (Å²) in [5.74, 6) is -0.0755. The Morgan fingerprint density at radius 3 is 2.85 bits per heavy atom. The summed E-state index contributed by atoms with van der Waals surface area (Å²) >= 11 is 13.3. The van der Waals surface area contributed by atoms with Gasteiger partial charge >= 0.3 is 0 Å². The number of fused-ring (bicyclic) bond motifs is 3. The summed E-state index contributed by atoms with van der Waals surface area (Å²) in [5.41, 5.74) is 2.52. The number of halogens is 2. The number of amides is 1. The third-order valence-electron chi connectivity index (χ3n) is 3.69. The van der Waals surface area contributed by atoms with Crippen molar-refractivity contribution < 1.29 is 9.21 Å². The number of rotatable bonds is 4. The molecule has 0 unspecified atom stereocenters. The number of anilines is 1. The molecule has 0 radical (unpaired) electrons. The number of thioether (sulfide) groups is 1. The van der Waals surface area contributed by atoms with Gasteiger partial charge in [0.15, 0.2) is 5.58 Å². The molecule has 1 amide bonds. The van der Waals surface area contributed by atoms with E-state index in [-0.39, 0.29) is 11.7 Å². The van der Waals surface area contributed by atoms with Crippen molar-refractivity contribution in [2.24, 2.45) is 0 Å². The van der Waals surface area contributed by atoms with E-state index in [9.17, 15) is 4.79 Å². The SMILES string of the molecule is O=C(CSc1ncnc2c1oc1ccccc12)Nc1cccc(Cl)c1Cl. The maximum atomic E-state index is 12.2. The van der Waals surface area contributed by atoms with Crippen LogP contribution in [0.3, 0.4) is 0 Å². The summed E-state index contributed by atoms with van der Waals surface area (Å²) in [6.07, 6.45) is 1.47. The van der Waals surface area contributed by atoms with E-state index in [2.05, 4.69) is 15.3 Å². The molecule has 0 aliphatic heterocycles. The molecule has 2 heterocycles. The van der Waals surface area contributed by atoms with E-state index in [1.807, 2.05) is 24.3 Å². The van der Waals surface area contributed by atoms with Crippen LogP contribution in [0.5, 0.6) is 0 Å². The normalized spacial score (nSPS) is 11.2. The number of nitrogens with one attached hydrogen (secondary N) is 1. The van der Waals surface area contributed by atoms with Gasteiger partial charge in [-0.3, -0.25) is 4.79 Å². The Labute approximate surface area is 162 Å². The number of hydrogen-bond acceptors (Lipinski definition) is 5. The van der Waals surface area contributed by atoms with Gasteiger partial charge in [-0.25, -0.2) is 9.97 Å². The van der Waals surface area contributed by atoms with Gasteiger partial charge in [-0.15, -0.1) is 0 Å². The highest BCUT2D eigenvalue weighted by Crippen LogP contribution is 2.33. The van der Waals surface area contributed by atoms with Crippen LogP contribution in [0.1, 0.15) is 0 Å². The molecule has 0 aliphatic rings. The Balaban J connectivity index is 1.54. The van der Waals surface area contributed by atoms with E-state index in [1.165, 1.54) is 18.1 Å². The molecule has 2 aromatic carbocycles. The first-order valence-corrected chi connectivity index (χ1v) is 9.36. The summed E-state index contributed by atoms with van der Waals surface area (Å²) in [6, 6.07) is 12.7. The Hall–Kier alpha value is -2.28. The van der Waals surface area contributed by atoms with E-state index in [0.717, 1.165) is 16.5 Å². The summed E-state index contributed by atoms with van der Waals surface area (Å²) in [4.78, 5) is 20.8. The average Bonchev–Trinajstić information content (AvgIpc) is 3.03. The van der Waals surface area contributed by atoms with Gasteiger partial charge in [0, 0.05) is 5.39 Å². The number of aromatic nitrogens is 2. The maximum Gasteiger partial charge on any atom is 0.234 e. The number of benzene rings is 2. The first-order valence-electron chi connectivity index (χ1n) is 7.62. The molecular weight excluding hydrogens is 393 g/mol. The molecule has 4 aromatic rings. The number of furan rings is 1. The van der Waals surface area contributed by atoms with E-state index in [1.54, 1.807) is 18.2 Å². The Kier molecular flexibility index (Phi) is 4.72. The molecule has 0 saturated heterocycles. The molecule has 2 aromatic heterocycles. The highest BCUT2D eigenvalue weighted by atomic mass is 35.5. The van der Waals surface area contributed by atoms with Gasteiger partial charge in [0.2, 0.25) is 5.91 Å². The molecule has 8 heteroatoms. The lowest BCUT2D eigenvalue weighted by atomic mass is 10.2. The van der Waals surface area contributed by atoms with Crippen molar-refractivity contribution in [2.45, 2.75) is 5.03 Å². The van der Waals surface area contributed by atoms with Gasteiger partial charge in [0.25, 0.3) is 0 Å². The lowest BCUT2D eigenvalue weighted by molar-refractivity contribution is -0.113. The van der Waals surface area contributed by atoms with Crippen LogP contribution in [0.4, 0.5) is 5.69 Å². The molecule has 0 fully saturated rings. The fourth-order valence-electron chi connectivity index (χ4n) is 2.53. The lowest BCUT2D eigenvalue weighted by Gasteiger charge is -2.07. The van der Waals surface area contributed by atoms with Gasteiger partial charge in [-0.05, 0) is 24.3 Å². The van der Waals surface area contributed by atoms with Gasteiger partial charge < -0.3 is 9.73 Å². The quantitative estimate of drug-likeness (QED) is 0.364. The Morgan fingerprint density at radius 1 is 1.12 bits per heavy atom. The van der Waals surface area contributed by atoms with Crippen LogP contribution in [-0.2, 0) is 4.79 Å². The van der Waals surface area contributed by atoms with Crippen LogP contribution >= 0.6 is 35.0 Å². The lowest BCUT2D eigenvalue weighted by Crippen LogP contribution is -2.14. The number of nitrogens with zero attached hydrogens (tertiary/aromatic N) is 2. The Morgan fingerprint density at radius 2 is 1.96 bits per heavy atom. The molecule has 130 valence electrons. The molecule has 5 nitrogen and oxygen atoms in total. The second-order valence-electron chi connectivity index (χ2n) is 5.39. The van der Waals surface area contributed by atoms with Crippen molar-refractivity contribution in [2.75, 3.05) is 11.1 Å². The minimum atomic E-state index is -0.220. The van der Waals surface area contributed by atoms with Crippen molar-refractivity contribution in [1.82, 2.24) is 9.97 Å². The predicted octanol–water partition coefficient (Wildman–Crippen LogP) is 5.41. The summed E-state index contributed by atoms with van der Waals surface area (Å²) < 4.78 is 5.85. The molecule has 26 heavy (non-hydrogen) atoms. The van der Waals surface area contributed by atoms with Crippen molar-refractivity contribution in [3.05, 3.63) is 58.8 Å². The summed E-state index contributed by atoms with van der Waals surface area (Å²) in [7, 11) is 0. The number of carbonyl (C=O) groups excluding carboxylic acids is 1. The zero-order chi connectivity index (χ0) is 18.1. The second kappa shape index (κ2) is 7.15. The van der Waals surface area contributed by atoms with Gasteiger partial charge in [0.05, 0.1) is 21.5 Å². The zero-order valence-corrected chi connectivity index (χ0v) is 15.5. The standard InChI is InChI=1S/C18H11Cl2N3O2S/c19-11-5-3-6-12(15(11)20)23-14(24)8-26-18-17-16(21-9-22-18)10-4-1-2-7-13(10)25-17/h1-7,9H,8H2,(H,23,24). The van der Waals surface area contributed by atoms with Crippen molar-refractivity contribution in [3.63, 3.8) is 0 Å². The van der Waals surface area contributed by atoms with Crippen molar-refractivity contribution >= 4 is 68.6 Å². The number of hydrogen-bond donors (Lipinski definition) is 1. The Bertz CT molecular complexity index is 1130. The molecule has 0 aliphatic carbocycles. The second-order valence-corrected chi connectivity index (χ2v) is 7.14. The third-order valence-corrected chi connectivity index (χ3v) is 5.48. The van der Waals surface area contributed by atoms with E-state index in [0.29, 0.717) is 26.3 Å². The largest absolute Gasteiger partial charge is 0.451 e. The molecule has 4 rings (SSSR count). The van der Waals surface area contributed by atoms with Crippen LogP contribution in [-0.4, -0.2) is 21.6 Å². The summed E-state index contributed by atoms with van der Waals surface area (Å²) in [5, 5.41) is 4.97. The van der Waals surface area contributed by atoms with Crippen LogP contribution in [0.15, 0.2) is 58.2 Å². The zero-order valence-electron chi connectivity index (χ0n) is 13.2. The van der Waals surface area contributed by atoms with Gasteiger partial charge in [-0.1, -0.05) is 53.2 Å². The molecule has 0 atom stereocenters. The average molecular weight is 404 g/mol. The van der Waals surface area contributed by atoms with E-state index >= 15 is 0 Å². The van der Waals surface area contributed by atoms with Crippen LogP contribution < -0.4 is 5.32 Å². The monoisotopic (exact) mass is 403 g/mol. The minimum Gasteiger partial charge on any atom is -0.451 e. The first-order chi connectivity index (χ1) is 12.6. The van der Waals surface area contributed by atoms with Gasteiger partial charge in [-0.2, -0.15) is 0 Å². The summed E-state index contributed by atoms with van der Waals surface area (Å²) in [6.45, 7) is 0. The molecule has 0 bridgehead atoms. The molecule has 0 saturated carbocycles. The van der Waals surface area contributed by atoms with Crippen LogP contribution in [0, 0.1) is 0 Å². The minimum absolute atomic E-state index is 0.145. The highest BCUT2D eigenvalue weighted by molar-refractivity contribution is 8.00. The first kappa shape index (κ1) is 17.1. The molecule has 1 N–H and O–H groups in total. The van der Waals surface area contributed by atoms with E-state index < -0.39 is 0 Å². The fourth-order valence-corrected chi connectivity index (χ4v) is 3.60. The highest BCUT2D eigenvalue weighted by Gasteiger charge is 2.15. The fraction of sp³-hybridized carbons (Fsp3) is 0.0556. The van der Waals surface area contributed by atoms with Crippen LogP contribution in [0.25, 0.3) is 22.1 Å². The topological polar surface area (TPSA) is 68.0 Å². The number of para-hydroxylation sites is 1. The number of carbonyl (C=O) groups is 1.